The number of carbonyl (C=O) groups is 2. The fraction of sp³-hybridized carbons (Fsp3) is 0.111. The predicted octanol–water partition coefficient (Wildman–Crippen LogP) is 3.83. The summed E-state index contributed by atoms with van der Waals surface area (Å²) in [5.74, 6) is -7.03. The molecule has 1 atom stereocenters. The first-order chi connectivity index (χ1) is 12.3. The second-order valence-corrected chi connectivity index (χ2v) is 5.18. The van der Waals surface area contributed by atoms with Crippen molar-refractivity contribution in [2.45, 2.75) is 13.0 Å². The largest absolute Gasteiger partial charge is 0.449 e. The number of ether oxygens (including phenoxy) is 1. The zero-order valence-electron chi connectivity index (χ0n) is 13.4. The molecule has 1 amide bonds. The van der Waals surface area contributed by atoms with Gasteiger partial charge in [0, 0.05) is 6.08 Å². The van der Waals surface area contributed by atoms with Gasteiger partial charge < -0.3 is 10.1 Å². The lowest BCUT2D eigenvalue weighted by Gasteiger charge is -2.13. The van der Waals surface area contributed by atoms with Crippen LogP contribution in [0.5, 0.6) is 0 Å². The number of halogens is 4. The third-order valence-electron chi connectivity index (χ3n) is 3.22. The van der Waals surface area contributed by atoms with E-state index in [1.165, 1.54) is 31.2 Å². The van der Waals surface area contributed by atoms with Crippen LogP contribution >= 0.6 is 0 Å². The maximum atomic E-state index is 13.5. The Morgan fingerprint density at radius 3 is 2.50 bits per heavy atom. The van der Waals surface area contributed by atoms with Gasteiger partial charge in [0.2, 0.25) is 0 Å². The molecule has 0 aliphatic heterocycles. The fourth-order valence-corrected chi connectivity index (χ4v) is 1.90. The van der Waals surface area contributed by atoms with E-state index >= 15 is 0 Å². The Kier molecular flexibility index (Phi) is 6.11. The summed E-state index contributed by atoms with van der Waals surface area (Å²) >= 11 is 0. The molecule has 2 aromatic rings. The van der Waals surface area contributed by atoms with Crippen LogP contribution in [-0.2, 0) is 14.3 Å². The Labute approximate surface area is 146 Å². The quantitative estimate of drug-likeness (QED) is 0.378. The summed E-state index contributed by atoms with van der Waals surface area (Å²) < 4.78 is 57.3. The summed E-state index contributed by atoms with van der Waals surface area (Å²) in [5, 5.41) is 1.99. The van der Waals surface area contributed by atoms with Crippen molar-refractivity contribution in [1.29, 1.82) is 0 Å². The molecule has 0 aromatic heterocycles. The molecule has 136 valence electrons. The van der Waals surface area contributed by atoms with Crippen LogP contribution in [0.25, 0.3) is 6.08 Å². The highest BCUT2D eigenvalue weighted by Gasteiger charge is 2.20. The molecule has 0 saturated heterocycles. The Morgan fingerprint density at radius 1 is 1.08 bits per heavy atom. The minimum absolute atomic E-state index is 0.405. The van der Waals surface area contributed by atoms with E-state index in [1.807, 2.05) is 5.32 Å². The van der Waals surface area contributed by atoms with Crippen LogP contribution in [0, 0.1) is 23.3 Å². The molecule has 0 spiro atoms. The van der Waals surface area contributed by atoms with Gasteiger partial charge in [-0.05, 0) is 42.8 Å². The van der Waals surface area contributed by atoms with Gasteiger partial charge in [0.1, 0.15) is 5.82 Å². The van der Waals surface area contributed by atoms with Crippen molar-refractivity contribution in [2.75, 3.05) is 5.32 Å². The highest BCUT2D eigenvalue weighted by Crippen LogP contribution is 2.20. The van der Waals surface area contributed by atoms with Crippen molar-refractivity contribution in [3.05, 3.63) is 71.3 Å². The lowest BCUT2D eigenvalue weighted by molar-refractivity contribution is -0.148. The smallest absolute Gasteiger partial charge is 0.331 e. The molecule has 0 aliphatic rings. The number of amides is 1. The van der Waals surface area contributed by atoms with E-state index in [0.717, 1.165) is 12.1 Å². The summed E-state index contributed by atoms with van der Waals surface area (Å²) in [6.45, 7) is 1.21. The van der Waals surface area contributed by atoms with E-state index in [9.17, 15) is 27.2 Å². The molecule has 26 heavy (non-hydrogen) atoms. The Hall–Kier alpha value is -3.16. The molecule has 0 bridgehead atoms. The zero-order chi connectivity index (χ0) is 19.3. The topological polar surface area (TPSA) is 55.4 Å². The van der Waals surface area contributed by atoms with Crippen molar-refractivity contribution in [2.24, 2.45) is 0 Å². The summed E-state index contributed by atoms with van der Waals surface area (Å²) in [6.07, 6.45) is 0.925. The number of nitrogens with one attached hydrogen (secondary N) is 1. The van der Waals surface area contributed by atoms with E-state index < -0.39 is 46.9 Å². The molecule has 0 heterocycles. The molecule has 0 fully saturated rings. The predicted molar refractivity (Wildman–Crippen MR) is 85.9 cm³/mol. The van der Waals surface area contributed by atoms with Gasteiger partial charge in [-0.3, -0.25) is 4.79 Å². The van der Waals surface area contributed by atoms with Crippen LogP contribution in [0.1, 0.15) is 12.5 Å². The Morgan fingerprint density at radius 2 is 1.81 bits per heavy atom. The van der Waals surface area contributed by atoms with Crippen LogP contribution in [0.15, 0.2) is 42.5 Å². The first-order valence-corrected chi connectivity index (χ1v) is 7.36. The normalized spacial score (nSPS) is 12.0. The van der Waals surface area contributed by atoms with Gasteiger partial charge >= 0.3 is 5.97 Å². The lowest BCUT2D eigenvalue weighted by atomic mass is 10.2. The maximum Gasteiger partial charge on any atom is 0.331 e. The van der Waals surface area contributed by atoms with E-state index in [0.29, 0.717) is 11.6 Å². The Bertz CT molecular complexity index is 868. The number of carbonyl (C=O) groups excluding carboxylic acids is 2. The van der Waals surface area contributed by atoms with Gasteiger partial charge in [-0.1, -0.05) is 12.1 Å². The van der Waals surface area contributed by atoms with Crippen LogP contribution < -0.4 is 5.32 Å². The average Bonchev–Trinajstić information content (AvgIpc) is 2.60. The van der Waals surface area contributed by atoms with Crippen LogP contribution in [0.4, 0.5) is 23.2 Å². The first kappa shape index (κ1) is 19.2. The zero-order valence-corrected chi connectivity index (χ0v) is 13.4. The second-order valence-electron chi connectivity index (χ2n) is 5.18. The number of benzene rings is 2. The minimum atomic E-state index is -1.73. The van der Waals surface area contributed by atoms with Crippen LogP contribution in [-0.4, -0.2) is 18.0 Å². The number of rotatable bonds is 5. The van der Waals surface area contributed by atoms with Crippen molar-refractivity contribution >= 4 is 23.6 Å². The van der Waals surface area contributed by atoms with Gasteiger partial charge in [-0.15, -0.1) is 0 Å². The SMILES string of the molecule is C[C@H](OC(=O)/C=C/c1cccc(F)c1)C(=O)Nc1ccc(F)c(F)c1F. The highest BCUT2D eigenvalue weighted by atomic mass is 19.2. The monoisotopic (exact) mass is 367 g/mol. The summed E-state index contributed by atoms with van der Waals surface area (Å²) in [4.78, 5) is 23.5. The van der Waals surface area contributed by atoms with E-state index in [-0.39, 0.29) is 0 Å². The van der Waals surface area contributed by atoms with Crippen LogP contribution in [0.2, 0.25) is 0 Å². The summed E-state index contributed by atoms with van der Waals surface area (Å²) in [5.41, 5.74) is -0.185. The fourth-order valence-electron chi connectivity index (χ4n) is 1.90. The van der Waals surface area contributed by atoms with Crippen molar-refractivity contribution < 1.29 is 31.9 Å². The molecular formula is C18H13F4NO3. The molecule has 1 N–H and O–H groups in total. The van der Waals surface area contributed by atoms with Crippen molar-refractivity contribution in [3.63, 3.8) is 0 Å². The number of hydrogen-bond donors (Lipinski definition) is 1. The van der Waals surface area contributed by atoms with E-state index in [2.05, 4.69) is 0 Å². The summed E-state index contributed by atoms with van der Waals surface area (Å²) in [6, 6.07) is 6.91. The number of esters is 1. The third kappa shape index (κ3) is 4.92. The van der Waals surface area contributed by atoms with Gasteiger partial charge in [0.15, 0.2) is 23.6 Å². The molecule has 0 radical (unpaired) electrons. The standard InChI is InChI=1S/C18H13F4NO3/c1-10(18(25)23-14-7-6-13(20)16(21)17(14)22)26-15(24)8-5-11-3-2-4-12(19)9-11/h2-10H,1H3,(H,23,25)/b8-5+/t10-/m0/s1. The molecule has 0 unspecified atom stereocenters. The number of anilines is 1. The second kappa shape index (κ2) is 8.28. The molecule has 0 saturated carbocycles. The van der Waals surface area contributed by atoms with E-state index in [4.69, 9.17) is 4.74 Å². The minimum Gasteiger partial charge on any atom is -0.449 e. The van der Waals surface area contributed by atoms with Crippen molar-refractivity contribution in [3.8, 4) is 0 Å². The molecule has 8 heteroatoms. The Balaban J connectivity index is 1.96. The number of hydrogen-bond acceptors (Lipinski definition) is 3. The summed E-state index contributed by atoms with van der Waals surface area (Å²) in [7, 11) is 0. The van der Waals surface area contributed by atoms with Gasteiger partial charge in [0.25, 0.3) is 5.91 Å². The van der Waals surface area contributed by atoms with Crippen molar-refractivity contribution in [1.82, 2.24) is 0 Å². The third-order valence-corrected chi connectivity index (χ3v) is 3.22. The first-order valence-electron chi connectivity index (χ1n) is 7.36. The highest BCUT2D eigenvalue weighted by molar-refractivity contribution is 5.96. The molecule has 2 rings (SSSR count). The lowest BCUT2D eigenvalue weighted by Crippen LogP contribution is -2.29. The van der Waals surface area contributed by atoms with E-state index in [1.54, 1.807) is 6.07 Å². The molecule has 2 aromatic carbocycles. The van der Waals surface area contributed by atoms with Crippen LogP contribution in [0.3, 0.4) is 0 Å². The molecule has 4 nitrogen and oxygen atoms in total. The van der Waals surface area contributed by atoms with Gasteiger partial charge in [-0.25, -0.2) is 22.4 Å². The van der Waals surface area contributed by atoms with Gasteiger partial charge in [0.05, 0.1) is 5.69 Å². The average molecular weight is 367 g/mol. The molecular weight excluding hydrogens is 354 g/mol. The van der Waals surface area contributed by atoms with Gasteiger partial charge in [-0.2, -0.15) is 0 Å². The maximum absolute atomic E-state index is 13.5. The molecule has 0 aliphatic carbocycles.